The van der Waals surface area contributed by atoms with Crippen LogP contribution in [0.5, 0.6) is 0 Å². The second-order valence-corrected chi connectivity index (χ2v) is 20.5. The molecule has 0 aliphatic rings. The number of rotatable bonds is 10. The number of benzene rings is 13. The molecule has 15 aromatic rings. The summed E-state index contributed by atoms with van der Waals surface area (Å²) in [6, 6.07) is 109. The van der Waals surface area contributed by atoms with Gasteiger partial charge in [0.2, 0.25) is 0 Å². The lowest BCUT2D eigenvalue weighted by Crippen LogP contribution is -1.97. The number of para-hydroxylation sites is 6. The maximum atomic E-state index is 5.20. The van der Waals surface area contributed by atoms with Crippen molar-refractivity contribution in [3.05, 3.63) is 303 Å². The molecule has 0 bridgehead atoms. The highest BCUT2D eigenvalue weighted by atomic mass is 15.1. The minimum absolute atomic E-state index is 0.912. The molecule has 0 radical (unpaired) electrons. The average molecular weight is 1020 g/mol. The minimum atomic E-state index is 0.912. The van der Waals surface area contributed by atoms with Crippen molar-refractivity contribution in [2.75, 3.05) is 0 Å². The molecule has 0 aliphatic carbocycles. The molecule has 2 heterocycles. The Morgan fingerprint density at radius 1 is 0.212 bits per heavy atom. The first-order valence-corrected chi connectivity index (χ1v) is 27.3. The second-order valence-electron chi connectivity index (χ2n) is 20.5. The highest BCUT2D eigenvalue weighted by molar-refractivity contribution is 6.23. The third-order valence-electron chi connectivity index (χ3n) is 15.8. The van der Waals surface area contributed by atoms with Crippen molar-refractivity contribution in [1.29, 1.82) is 0 Å². The average Bonchev–Trinajstić information content (AvgIpc) is 4.20. The van der Waals surface area contributed by atoms with Gasteiger partial charge in [0, 0.05) is 22.5 Å². The minimum Gasteiger partial charge on any atom is -0.292 e. The zero-order valence-electron chi connectivity index (χ0n) is 43.7. The maximum Gasteiger partial charge on any atom is 0.145 e. The van der Waals surface area contributed by atoms with Crippen molar-refractivity contribution < 1.29 is 0 Å². The molecule has 0 spiro atoms. The summed E-state index contributed by atoms with van der Waals surface area (Å²) in [5.41, 5.74) is 22.4. The molecule has 0 unspecified atom stereocenters. The van der Waals surface area contributed by atoms with Gasteiger partial charge in [-0.2, -0.15) is 0 Å². The van der Waals surface area contributed by atoms with Crippen LogP contribution in [0, 0.1) is 0 Å². The first-order valence-electron chi connectivity index (χ1n) is 27.3. The van der Waals surface area contributed by atoms with Gasteiger partial charge >= 0.3 is 0 Å². The lowest BCUT2D eigenvalue weighted by molar-refractivity contribution is 1.10. The summed E-state index contributed by atoms with van der Waals surface area (Å²) in [6.07, 6.45) is 0. The summed E-state index contributed by atoms with van der Waals surface area (Å²) in [7, 11) is 0. The molecular formula is C76H50N4. The molecule has 80 heavy (non-hydrogen) atoms. The van der Waals surface area contributed by atoms with Crippen LogP contribution in [0.1, 0.15) is 0 Å². The van der Waals surface area contributed by atoms with E-state index in [9.17, 15) is 0 Å². The number of hydrogen-bond acceptors (Lipinski definition) is 2. The van der Waals surface area contributed by atoms with Gasteiger partial charge in [0.1, 0.15) is 11.6 Å². The smallest absolute Gasteiger partial charge is 0.145 e. The lowest BCUT2D eigenvalue weighted by Gasteiger charge is -2.21. The maximum absolute atomic E-state index is 5.20. The van der Waals surface area contributed by atoms with E-state index in [1.165, 1.54) is 60.5 Å². The lowest BCUT2D eigenvalue weighted by atomic mass is 9.82. The Labute approximate surface area is 464 Å². The summed E-state index contributed by atoms with van der Waals surface area (Å²) in [5.74, 6) is 1.82. The van der Waals surface area contributed by atoms with Gasteiger partial charge in [0.05, 0.1) is 22.1 Å². The van der Waals surface area contributed by atoms with Crippen LogP contribution in [0.2, 0.25) is 0 Å². The van der Waals surface area contributed by atoms with E-state index in [2.05, 4.69) is 312 Å². The van der Waals surface area contributed by atoms with Gasteiger partial charge < -0.3 is 0 Å². The standard InChI is InChI=1S/C76H50N4/c1-5-20-51(21-6-1)57-24-19-25-60(48-57)73-65-46-44-59(53-38-42-56(43-39-53)76-78-70-33-16-18-35-72(70)80(76)62-28-11-4-12-29-62)50-68(65)74(64-31-14-13-30-63(64)54-22-7-2-8-23-54)66-47-45-58(49-67(66)73)52-36-40-55(41-37-52)75-77-69-32-15-17-34-71(69)79(75)61-26-9-3-10-27-61/h1-50H. The zero-order chi connectivity index (χ0) is 52.9. The number of imidazole rings is 2. The fourth-order valence-electron chi connectivity index (χ4n) is 12.0. The molecule has 0 aliphatic heterocycles. The van der Waals surface area contributed by atoms with Crippen molar-refractivity contribution >= 4 is 43.6 Å². The number of hydrogen-bond donors (Lipinski definition) is 0. The topological polar surface area (TPSA) is 35.6 Å². The van der Waals surface area contributed by atoms with Gasteiger partial charge in [-0.3, -0.25) is 9.13 Å². The highest BCUT2D eigenvalue weighted by Crippen LogP contribution is 2.49. The predicted molar refractivity (Wildman–Crippen MR) is 334 cm³/mol. The van der Waals surface area contributed by atoms with Crippen LogP contribution in [0.4, 0.5) is 0 Å². The third-order valence-corrected chi connectivity index (χ3v) is 15.8. The van der Waals surface area contributed by atoms with Gasteiger partial charge in [-0.25, -0.2) is 9.97 Å². The summed E-state index contributed by atoms with van der Waals surface area (Å²) < 4.78 is 4.53. The Morgan fingerprint density at radius 3 is 1.11 bits per heavy atom. The van der Waals surface area contributed by atoms with E-state index in [0.29, 0.717) is 0 Å². The van der Waals surface area contributed by atoms with Gasteiger partial charge in [0.15, 0.2) is 0 Å². The molecule has 0 atom stereocenters. The second kappa shape index (κ2) is 19.7. The molecule has 0 amide bonds. The first-order chi connectivity index (χ1) is 39.7. The Morgan fingerprint density at radius 2 is 0.575 bits per heavy atom. The van der Waals surface area contributed by atoms with Crippen molar-refractivity contribution in [3.63, 3.8) is 0 Å². The van der Waals surface area contributed by atoms with E-state index < -0.39 is 0 Å². The van der Waals surface area contributed by atoms with Gasteiger partial charge in [-0.1, -0.05) is 237 Å². The highest BCUT2D eigenvalue weighted by Gasteiger charge is 2.22. The van der Waals surface area contributed by atoms with Crippen LogP contribution in [0.15, 0.2) is 303 Å². The van der Waals surface area contributed by atoms with E-state index in [0.717, 1.165) is 84.0 Å². The van der Waals surface area contributed by atoms with Crippen molar-refractivity contribution in [2.24, 2.45) is 0 Å². The van der Waals surface area contributed by atoms with E-state index in [1.54, 1.807) is 0 Å². The molecule has 374 valence electrons. The molecule has 2 aromatic heterocycles. The Bertz CT molecular complexity index is 4770. The molecule has 4 heteroatoms. The van der Waals surface area contributed by atoms with E-state index in [1.807, 2.05) is 0 Å². The van der Waals surface area contributed by atoms with Crippen molar-refractivity contribution in [1.82, 2.24) is 19.1 Å². The molecule has 4 nitrogen and oxygen atoms in total. The Hall–Kier alpha value is -10.7. The van der Waals surface area contributed by atoms with E-state index in [-0.39, 0.29) is 0 Å². The van der Waals surface area contributed by atoms with Crippen LogP contribution in [-0.4, -0.2) is 19.1 Å². The van der Waals surface area contributed by atoms with Crippen LogP contribution in [0.25, 0.3) is 145 Å². The number of fused-ring (bicyclic) bond motifs is 4. The van der Waals surface area contributed by atoms with E-state index >= 15 is 0 Å². The molecule has 15 rings (SSSR count). The van der Waals surface area contributed by atoms with Crippen molar-refractivity contribution in [2.45, 2.75) is 0 Å². The zero-order valence-corrected chi connectivity index (χ0v) is 43.7. The summed E-state index contributed by atoms with van der Waals surface area (Å²) in [4.78, 5) is 10.4. The predicted octanol–water partition coefficient (Wildman–Crippen LogP) is 20.0. The quantitative estimate of drug-likeness (QED) is 0.128. The van der Waals surface area contributed by atoms with Crippen LogP contribution >= 0.6 is 0 Å². The van der Waals surface area contributed by atoms with E-state index in [4.69, 9.17) is 9.97 Å². The van der Waals surface area contributed by atoms with Crippen LogP contribution in [-0.2, 0) is 0 Å². The Balaban J connectivity index is 0.936. The Kier molecular flexibility index (Phi) is 11.5. The molecule has 0 N–H and O–H groups in total. The third kappa shape index (κ3) is 8.17. The van der Waals surface area contributed by atoms with Gasteiger partial charge in [-0.15, -0.1) is 0 Å². The monoisotopic (exact) mass is 1020 g/mol. The fraction of sp³-hybridized carbons (Fsp3) is 0. The number of aromatic nitrogens is 4. The summed E-state index contributed by atoms with van der Waals surface area (Å²) >= 11 is 0. The first kappa shape index (κ1) is 46.6. The molecule has 0 saturated heterocycles. The largest absolute Gasteiger partial charge is 0.292 e. The van der Waals surface area contributed by atoms with Crippen LogP contribution < -0.4 is 0 Å². The molecule has 0 fully saturated rings. The van der Waals surface area contributed by atoms with Crippen LogP contribution in [0.3, 0.4) is 0 Å². The number of nitrogens with zero attached hydrogens (tertiary/aromatic N) is 4. The summed E-state index contributed by atoms with van der Waals surface area (Å²) in [6.45, 7) is 0. The normalized spacial score (nSPS) is 11.5. The van der Waals surface area contributed by atoms with Gasteiger partial charge in [0.25, 0.3) is 0 Å². The molecular weight excluding hydrogens is 969 g/mol. The fourth-order valence-corrected chi connectivity index (χ4v) is 12.0. The summed E-state index contributed by atoms with van der Waals surface area (Å²) in [5, 5.41) is 4.74. The van der Waals surface area contributed by atoms with Crippen molar-refractivity contribution in [3.8, 4) is 101 Å². The SMILES string of the molecule is c1ccc(-c2cccc(-c3c4cc(-c5ccc(-c6nc7ccccc7n6-c6ccccc6)cc5)ccc4c(-c4ccccc4-c4ccccc4)c4cc(-c5ccc(-c6nc7ccccc7n6-c6ccccc6)cc5)ccc34)c2)cc1. The molecule has 0 saturated carbocycles. The van der Waals surface area contributed by atoms with Gasteiger partial charge in [-0.05, 0) is 155 Å². The molecule has 13 aromatic carbocycles.